The van der Waals surface area contributed by atoms with Crippen molar-refractivity contribution in [2.24, 2.45) is 23.5 Å². The summed E-state index contributed by atoms with van der Waals surface area (Å²) in [6.07, 6.45) is 7.73. The maximum absolute atomic E-state index is 6.03. The van der Waals surface area contributed by atoms with Crippen molar-refractivity contribution < 1.29 is 4.74 Å². The predicted molar refractivity (Wildman–Crippen MR) is 92.7 cm³/mol. The van der Waals surface area contributed by atoms with E-state index in [1.165, 1.54) is 37.7 Å². The van der Waals surface area contributed by atoms with E-state index in [0.29, 0.717) is 11.8 Å². The molecule has 0 aromatic heterocycles. The second-order valence-electron chi connectivity index (χ2n) is 6.38. The van der Waals surface area contributed by atoms with Crippen molar-refractivity contribution in [3.63, 3.8) is 0 Å². The molecule has 21 heavy (non-hydrogen) atoms. The summed E-state index contributed by atoms with van der Waals surface area (Å²) >= 11 is 3.58. The minimum Gasteiger partial charge on any atom is -0.496 e. The van der Waals surface area contributed by atoms with Gasteiger partial charge >= 0.3 is 0 Å². The Morgan fingerprint density at radius 2 is 2.10 bits per heavy atom. The van der Waals surface area contributed by atoms with Crippen LogP contribution in [0, 0.1) is 17.8 Å². The summed E-state index contributed by atoms with van der Waals surface area (Å²) in [5, 5.41) is 0. The van der Waals surface area contributed by atoms with Crippen LogP contribution in [-0.4, -0.2) is 13.7 Å². The van der Waals surface area contributed by atoms with Crippen LogP contribution in [0.1, 0.15) is 44.6 Å². The SMILES string of the molecule is CCCC1CCC(CN)C(Cc2cc(Br)ccc2OC)C1. The highest BCUT2D eigenvalue weighted by molar-refractivity contribution is 9.10. The standard InChI is InChI=1S/C18H28BrNO/c1-3-4-13-5-6-14(12-20)15(9-13)10-16-11-17(19)7-8-18(16)21-2/h7-8,11,13-15H,3-6,9-10,12,20H2,1-2H3. The minimum absolute atomic E-state index is 0.668. The van der Waals surface area contributed by atoms with Crippen LogP contribution in [0.25, 0.3) is 0 Å². The van der Waals surface area contributed by atoms with Crippen LogP contribution in [0.2, 0.25) is 0 Å². The first-order chi connectivity index (χ1) is 10.2. The molecule has 0 heterocycles. The Labute approximate surface area is 137 Å². The van der Waals surface area contributed by atoms with E-state index in [1.54, 1.807) is 7.11 Å². The molecule has 1 saturated carbocycles. The summed E-state index contributed by atoms with van der Waals surface area (Å²) < 4.78 is 6.66. The van der Waals surface area contributed by atoms with Crippen molar-refractivity contribution in [1.82, 2.24) is 0 Å². The predicted octanol–water partition coefficient (Wildman–Crippen LogP) is 4.79. The lowest BCUT2D eigenvalue weighted by Crippen LogP contribution is -2.31. The highest BCUT2D eigenvalue weighted by Gasteiger charge is 2.29. The van der Waals surface area contributed by atoms with Crippen LogP contribution >= 0.6 is 15.9 Å². The second-order valence-corrected chi connectivity index (χ2v) is 7.30. The summed E-state index contributed by atoms with van der Waals surface area (Å²) in [6, 6.07) is 6.31. The van der Waals surface area contributed by atoms with E-state index in [2.05, 4.69) is 35.0 Å². The fraction of sp³-hybridized carbons (Fsp3) is 0.667. The number of methoxy groups -OCH3 is 1. The van der Waals surface area contributed by atoms with E-state index in [0.717, 1.165) is 29.1 Å². The number of hydrogen-bond acceptors (Lipinski definition) is 2. The van der Waals surface area contributed by atoms with Gasteiger partial charge in [-0.15, -0.1) is 0 Å². The molecular weight excluding hydrogens is 326 g/mol. The third-order valence-electron chi connectivity index (χ3n) is 4.97. The first kappa shape index (κ1) is 16.8. The first-order valence-corrected chi connectivity index (χ1v) is 8.99. The van der Waals surface area contributed by atoms with E-state index >= 15 is 0 Å². The molecule has 3 unspecified atom stereocenters. The third kappa shape index (κ3) is 4.46. The van der Waals surface area contributed by atoms with Crippen LogP contribution in [-0.2, 0) is 6.42 Å². The molecule has 3 atom stereocenters. The number of ether oxygens (including phenoxy) is 1. The first-order valence-electron chi connectivity index (χ1n) is 8.20. The molecule has 2 N–H and O–H groups in total. The van der Waals surface area contributed by atoms with Crippen LogP contribution in [0.5, 0.6) is 5.75 Å². The zero-order valence-corrected chi connectivity index (χ0v) is 14.9. The lowest BCUT2D eigenvalue weighted by atomic mass is 9.70. The molecule has 1 fully saturated rings. The van der Waals surface area contributed by atoms with Crippen molar-refractivity contribution in [2.45, 2.75) is 45.4 Å². The van der Waals surface area contributed by atoms with Gasteiger partial charge in [-0.25, -0.2) is 0 Å². The zero-order chi connectivity index (χ0) is 15.2. The monoisotopic (exact) mass is 353 g/mol. The molecule has 1 aliphatic carbocycles. The molecule has 118 valence electrons. The fourth-order valence-electron chi connectivity index (χ4n) is 3.84. The molecular formula is C18H28BrNO. The highest BCUT2D eigenvalue weighted by atomic mass is 79.9. The molecule has 2 rings (SSSR count). The normalized spacial score (nSPS) is 25.8. The third-order valence-corrected chi connectivity index (χ3v) is 5.47. The van der Waals surface area contributed by atoms with Gasteiger partial charge < -0.3 is 10.5 Å². The summed E-state index contributed by atoms with van der Waals surface area (Å²) in [7, 11) is 1.76. The number of hydrogen-bond donors (Lipinski definition) is 1. The molecule has 0 bridgehead atoms. The second kappa shape index (κ2) is 8.19. The van der Waals surface area contributed by atoms with Crippen LogP contribution in [0.3, 0.4) is 0 Å². The van der Waals surface area contributed by atoms with Gasteiger partial charge in [0.05, 0.1) is 7.11 Å². The fourth-order valence-corrected chi connectivity index (χ4v) is 4.25. The summed E-state index contributed by atoms with van der Waals surface area (Å²) in [5.41, 5.74) is 7.34. The summed E-state index contributed by atoms with van der Waals surface area (Å²) in [4.78, 5) is 0. The molecule has 0 amide bonds. The Bertz CT molecular complexity index is 449. The van der Waals surface area contributed by atoms with Gasteiger partial charge in [0.15, 0.2) is 0 Å². The lowest BCUT2D eigenvalue weighted by Gasteiger charge is -2.36. The number of benzene rings is 1. The molecule has 0 aliphatic heterocycles. The van der Waals surface area contributed by atoms with E-state index < -0.39 is 0 Å². The van der Waals surface area contributed by atoms with Gasteiger partial charge in [-0.2, -0.15) is 0 Å². The van der Waals surface area contributed by atoms with E-state index in [9.17, 15) is 0 Å². The molecule has 0 saturated heterocycles. The summed E-state index contributed by atoms with van der Waals surface area (Å²) in [5.74, 6) is 3.26. The Morgan fingerprint density at radius 1 is 1.29 bits per heavy atom. The Morgan fingerprint density at radius 3 is 2.76 bits per heavy atom. The largest absolute Gasteiger partial charge is 0.496 e. The zero-order valence-electron chi connectivity index (χ0n) is 13.3. The smallest absolute Gasteiger partial charge is 0.122 e. The maximum Gasteiger partial charge on any atom is 0.122 e. The minimum atomic E-state index is 0.668. The quantitative estimate of drug-likeness (QED) is 0.797. The van der Waals surface area contributed by atoms with Gasteiger partial charge in [0.2, 0.25) is 0 Å². The molecule has 3 heteroatoms. The van der Waals surface area contributed by atoms with E-state index in [1.807, 2.05) is 6.07 Å². The van der Waals surface area contributed by atoms with E-state index in [4.69, 9.17) is 10.5 Å². The van der Waals surface area contributed by atoms with Crippen LogP contribution in [0.15, 0.2) is 22.7 Å². The molecule has 2 nitrogen and oxygen atoms in total. The Kier molecular flexibility index (Phi) is 6.56. The van der Waals surface area contributed by atoms with Crippen molar-refractivity contribution in [2.75, 3.05) is 13.7 Å². The van der Waals surface area contributed by atoms with Crippen LogP contribution < -0.4 is 10.5 Å². The molecule has 1 aliphatic rings. The lowest BCUT2D eigenvalue weighted by molar-refractivity contribution is 0.175. The molecule has 0 spiro atoms. The van der Waals surface area contributed by atoms with Gasteiger partial charge in [0.25, 0.3) is 0 Å². The van der Waals surface area contributed by atoms with Gasteiger partial charge in [-0.3, -0.25) is 0 Å². The van der Waals surface area contributed by atoms with Gasteiger partial charge in [-0.05, 0) is 67.3 Å². The average molecular weight is 354 g/mol. The highest BCUT2D eigenvalue weighted by Crippen LogP contribution is 2.39. The summed E-state index contributed by atoms with van der Waals surface area (Å²) in [6.45, 7) is 3.11. The molecule has 1 aromatic carbocycles. The average Bonchev–Trinajstić information content (AvgIpc) is 2.48. The van der Waals surface area contributed by atoms with Crippen molar-refractivity contribution >= 4 is 15.9 Å². The maximum atomic E-state index is 6.03. The van der Waals surface area contributed by atoms with Crippen molar-refractivity contribution in [3.05, 3.63) is 28.2 Å². The topological polar surface area (TPSA) is 35.2 Å². The van der Waals surface area contributed by atoms with E-state index in [-0.39, 0.29) is 0 Å². The molecule has 0 radical (unpaired) electrons. The van der Waals surface area contributed by atoms with Gasteiger partial charge in [-0.1, -0.05) is 42.1 Å². The number of rotatable bonds is 6. The van der Waals surface area contributed by atoms with Gasteiger partial charge in [0.1, 0.15) is 5.75 Å². The Hall–Kier alpha value is -0.540. The number of nitrogens with two attached hydrogens (primary N) is 1. The van der Waals surface area contributed by atoms with Gasteiger partial charge in [0, 0.05) is 4.47 Å². The van der Waals surface area contributed by atoms with Crippen molar-refractivity contribution in [3.8, 4) is 5.75 Å². The van der Waals surface area contributed by atoms with Crippen molar-refractivity contribution in [1.29, 1.82) is 0 Å². The Balaban J connectivity index is 2.12. The molecule has 1 aromatic rings. The number of halogens is 1. The van der Waals surface area contributed by atoms with Crippen LogP contribution in [0.4, 0.5) is 0 Å².